The van der Waals surface area contributed by atoms with Crippen LogP contribution in [0.15, 0.2) is 30.5 Å². The van der Waals surface area contributed by atoms with Gasteiger partial charge in [-0.15, -0.1) is 0 Å². The first kappa shape index (κ1) is 12.9. The van der Waals surface area contributed by atoms with Gasteiger partial charge in [0.15, 0.2) is 0 Å². The number of nitrogens with zero attached hydrogens (tertiary/aromatic N) is 1. The summed E-state index contributed by atoms with van der Waals surface area (Å²) in [6.45, 7) is 7.13. The van der Waals surface area contributed by atoms with E-state index in [1.54, 1.807) is 0 Å². The van der Waals surface area contributed by atoms with Gasteiger partial charge in [0.2, 0.25) is 0 Å². The maximum atomic E-state index is 4.46. The predicted molar refractivity (Wildman–Crippen MR) is 82.6 cm³/mol. The van der Waals surface area contributed by atoms with Crippen LogP contribution in [0.25, 0.3) is 22.2 Å². The Bertz CT molecular complexity index is 721. The Balaban J connectivity index is 1.97. The number of fused-ring (bicyclic) bond motifs is 1. The minimum atomic E-state index is 0.457. The van der Waals surface area contributed by atoms with E-state index >= 15 is 0 Å². The molecule has 4 nitrogen and oxygen atoms in total. The monoisotopic (exact) mass is 268 g/mol. The van der Waals surface area contributed by atoms with Gasteiger partial charge >= 0.3 is 0 Å². The molecule has 3 rings (SSSR count). The second kappa shape index (κ2) is 5.13. The van der Waals surface area contributed by atoms with Crippen molar-refractivity contribution in [1.29, 1.82) is 0 Å². The second-order valence-corrected chi connectivity index (χ2v) is 5.45. The normalized spacial score (nSPS) is 11.6. The van der Waals surface area contributed by atoms with E-state index in [0.717, 1.165) is 23.6 Å². The molecule has 3 aromatic rings. The third kappa shape index (κ3) is 2.34. The van der Waals surface area contributed by atoms with Crippen molar-refractivity contribution < 1.29 is 0 Å². The quantitative estimate of drug-likeness (QED) is 0.679. The Labute approximate surface area is 118 Å². The molecule has 0 amide bonds. The van der Waals surface area contributed by atoms with Crippen molar-refractivity contribution in [2.24, 2.45) is 0 Å². The molecule has 0 spiro atoms. The summed E-state index contributed by atoms with van der Waals surface area (Å²) in [6.07, 6.45) is 1.92. The minimum Gasteiger partial charge on any atom is -0.358 e. The van der Waals surface area contributed by atoms with Gasteiger partial charge in [-0.3, -0.25) is 0 Å². The third-order valence-electron chi connectivity index (χ3n) is 3.47. The highest BCUT2D eigenvalue weighted by Gasteiger charge is 2.12. The molecule has 0 bridgehead atoms. The van der Waals surface area contributed by atoms with Crippen molar-refractivity contribution in [1.82, 2.24) is 20.3 Å². The summed E-state index contributed by atoms with van der Waals surface area (Å²) >= 11 is 0. The number of imidazole rings is 1. The molecule has 1 aromatic carbocycles. The van der Waals surface area contributed by atoms with Crippen LogP contribution in [0, 0.1) is 6.92 Å². The van der Waals surface area contributed by atoms with Crippen molar-refractivity contribution in [3.05, 3.63) is 42.0 Å². The molecule has 0 unspecified atom stereocenters. The Morgan fingerprint density at radius 3 is 2.80 bits per heavy atom. The highest BCUT2D eigenvalue weighted by molar-refractivity contribution is 5.96. The van der Waals surface area contributed by atoms with Gasteiger partial charge in [0.05, 0.1) is 18.4 Å². The molecule has 4 heteroatoms. The zero-order valence-corrected chi connectivity index (χ0v) is 12.1. The van der Waals surface area contributed by atoms with Crippen molar-refractivity contribution in [3.8, 4) is 11.3 Å². The molecule has 0 saturated heterocycles. The molecule has 0 aliphatic heterocycles. The summed E-state index contributed by atoms with van der Waals surface area (Å²) in [7, 11) is 0. The fraction of sp³-hybridized carbons (Fsp3) is 0.312. The molecular weight excluding hydrogens is 248 g/mol. The molecule has 0 aliphatic carbocycles. The largest absolute Gasteiger partial charge is 0.358 e. The number of nitrogens with one attached hydrogen (secondary N) is 3. The lowest BCUT2D eigenvalue weighted by atomic mass is 10.1. The molecule has 0 aliphatic rings. The molecule has 0 radical (unpaired) electrons. The van der Waals surface area contributed by atoms with E-state index in [9.17, 15) is 0 Å². The summed E-state index contributed by atoms with van der Waals surface area (Å²) in [4.78, 5) is 11.3. The van der Waals surface area contributed by atoms with Crippen molar-refractivity contribution in [2.45, 2.75) is 33.4 Å². The zero-order chi connectivity index (χ0) is 14.1. The van der Waals surface area contributed by atoms with Crippen LogP contribution in [0.4, 0.5) is 0 Å². The highest BCUT2D eigenvalue weighted by Crippen LogP contribution is 2.30. The number of aromatic amines is 2. The lowest BCUT2D eigenvalue weighted by Crippen LogP contribution is -2.22. The van der Waals surface area contributed by atoms with Gasteiger partial charge in [-0.05, 0) is 13.0 Å². The van der Waals surface area contributed by atoms with E-state index < -0.39 is 0 Å². The van der Waals surface area contributed by atoms with Gasteiger partial charge in [0, 0.05) is 28.2 Å². The first-order valence-electron chi connectivity index (χ1n) is 7.00. The summed E-state index contributed by atoms with van der Waals surface area (Å²) in [5.74, 6) is 0.971. The number of aromatic nitrogens is 3. The smallest absolute Gasteiger partial charge is 0.120 e. The number of H-pyrrole nitrogens is 2. The standard InChI is InChI=1S/C16H20N4/c1-10(2)17-9-15-18-8-14(20-15)16-11(3)19-13-7-5-4-6-12(13)16/h4-8,10,17,19H,9H2,1-3H3,(H,18,20). The van der Waals surface area contributed by atoms with Gasteiger partial charge in [0.25, 0.3) is 0 Å². The van der Waals surface area contributed by atoms with Crippen LogP contribution in [-0.2, 0) is 6.54 Å². The Hall–Kier alpha value is -2.07. The maximum absolute atomic E-state index is 4.46. The average molecular weight is 268 g/mol. The van der Waals surface area contributed by atoms with E-state index in [4.69, 9.17) is 0 Å². The Kier molecular flexibility index (Phi) is 3.32. The van der Waals surface area contributed by atoms with E-state index in [0.29, 0.717) is 6.04 Å². The van der Waals surface area contributed by atoms with Gasteiger partial charge in [-0.25, -0.2) is 4.98 Å². The van der Waals surface area contributed by atoms with Gasteiger partial charge in [-0.2, -0.15) is 0 Å². The van der Waals surface area contributed by atoms with Crippen molar-refractivity contribution >= 4 is 10.9 Å². The van der Waals surface area contributed by atoms with Gasteiger partial charge in [0.1, 0.15) is 5.82 Å². The summed E-state index contributed by atoms with van der Waals surface area (Å²) in [5.41, 5.74) is 4.61. The molecule has 0 saturated carbocycles. The van der Waals surface area contributed by atoms with Crippen LogP contribution in [0.1, 0.15) is 25.4 Å². The molecule has 2 aromatic heterocycles. The number of hydrogen-bond acceptors (Lipinski definition) is 2. The molecule has 104 valence electrons. The van der Waals surface area contributed by atoms with E-state index in [1.165, 1.54) is 16.6 Å². The van der Waals surface area contributed by atoms with Crippen molar-refractivity contribution in [3.63, 3.8) is 0 Å². The maximum Gasteiger partial charge on any atom is 0.120 e. The fourth-order valence-corrected chi connectivity index (χ4v) is 2.50. The number of aryl methyl sites for hydroxylation is 1. The second-order valence-electron chi connectivity index (χ2n) is 5.45. The molecule has 2 heterocycles. The average Bonchev–Trinajstić information content (AvgIpc) is 2.99. The first-order valence-corrected chi connectivity index (χ1v) is 7.00. The lowest BCUT2D eigenvalue weighted by Gasteiger charge is -2.05. The van der Waals surface area contributed by atoms with Crippen LogP contribution in [0.5, 0.6) is 0 Å². The van der Waals surface area contributed by atoms with E-state index in [-0.39, 0.29) is 0 Å². The van der Waals surface area contributed by atoms with Gasteiger partial charge < -0.3 is 15.3 Å². The fourth-order valence-electron chi connectivity index (χ4n) is 2.50. The number of benzene rings is 1. The summed E-state index contributed by atoms with van der Waals surface area (Å²) in [5, 5.41) is 4.60. The molecule has 3 N–H and O–H groups in total. The predicted octanol–water partition coefficient (Wildman–Crippen LogP) is 3.36. The van der Waals surface area contributed by atoms with Gasteiger partial charge in [-0.1, -0.05) is 32.0 Å². The molecule has 20 heavy (non-hydrogen) atoms. The van der Waals surface area contributed by atoms with Crippen LogP contribution in [0.2, 0.25) is 0 Å². The van der Waals surface area contributed by atoms with Crippen LogP contribution < -0.4 is 5.32 Å². The molecular formula is C16H20N4. The molecule has 0 atom stereocenters. The van der Waals surface area contributed by atoms with E-state index in [1.807, 2.05) is 12.3 Å². The number of para-hydroxylation sites is 1. The zero-order valence-electron chi connectivity index (χ0n) is 12.1. The SMILES string of the molecule is Cc1[nH]c2ccccc2c1-c1cnc(CNC(C)C)[nH]1. The molecule has 0 fully saturated rings. The van der Waals surface area contributed by atoms with Crippen molar-refractivity contribution in [2.75, 3.05) is 0 Å². The lowest BCUT2D eigenvalue weighted by molar-refractivity contribution is 0.575. The Morgan fingerprint density at radius 1 is 1.20 bits per heavy atom. The topological polar surface area (TPSA) is 56.5 Å². The van der Waals surface area contributed by atoms with Crippen LogP contribution >= 0.6 is 0 Å². The third-order valence-corrected chi connectivity index (χ3v) is 3.47. The van der Waals surface area contributed by atoms with Crippen LogP contribution in [0.3, 0.4) is 0 Å². The number of hydrogen-bond donors (Lipinski definition) is 3. The van der Waals surface area contributed by atoms with Crippen LogP contribution in [-0.4, -0.2) is 21.0 Å². The van der Waals surface area contributed by atoms with E-state index in [2.05, 4.69) is 59.2 Å². The summed E-state index contributed by atoms with van der Waals surface area (Å²) in [6, 6.07) is 8.81. The Morgan fingerprint density at radius 2 is 2.00 bits per heavy atom. The first-order chi connectivity index (χ1) is 9.65. The minimum absolute atomic E-state index is 0.457. The number of rotatable bonds is 4. The summed E-state index contributed by atoms with van der Waals surface area (Å²) < 4.78 is 0. The highest BCUT2D eigenvalue weighted by atomic mass is 15.0.